The van der Waals surface area contributed by atoms with Crippen LogP contribution < -0.4 is 5.32 Å². The van der Waals surface area contributed by atoms with Crippen LogP contribution in [0.4, 0.5) is 5.69 Å². The highest BCUT2D eigenvalue weighted by molar-refractivity contribution is 6.40. The third-order valence-electron chi connectivity index (χ3n) is 2.40. The summed E-state index contributed by atoms with van der Waals surface area (Å²) in [5, 5.41) is 2.65. The number of hydrogen-bond donors (Lipinski definition) is 1. The van der Waals surface area contributed by atoms with Crippen molar-refractivity contribution in [3.05, 3.63) is 39.9 Å². The number of hydrogen-bond acceptors (Lipinski definition) is 4. The van der Waals surface area contributed by atoms with Crippen LogP contribution in [-0.4, -0.2) is 24.3 Å². The van der Waals surface area contributed by atoms with E-state index in [0.29, 0.717) is 5.56 Å². The van der Waals surface area contributed by atoms with Crippen molar-refractivity contribution in [2.24, 2.45) is 0 Å². The van der Waals surface area contributed by atoms with Crippen molar-refractivity contribution in [2.45, 2.75) is 13.8 Å². The van der Waals surface area contributed by atoms with Gasteiger partial charge in [-0.3, -0.25) is 9.59 Å². The zero-order chi connectivity index (χ0) is 16.2. The molecule has 0 spiro atoms. The Kier molecular flexibility index (Phi) is 5.93. The Morgan fingerprint density at radius 2 is 1.71 bits per heavy atom. The average Bonchev–Trinajstić information content (AvgIpc) is 2.39. The molecule has 21 heavy (non-hydrogen) atoms. The highest BCUT2D eigenvalue weighted by Crippen LogP contribution is 2.32. The molecule has 0 heterocycles. The molecule has 1 rings (SSSR count). The van der Waals surface area contributed by atoms with E-state index >= 15 is 0 Å². The number of halogens is 2. The van der Waals surface area contributed by atoms with Crippen molar-refractivity contribution in [1.82, 2.24) is 0 Å². The molecule has 1 aromatic carbocycles. The van der Waals surface area contributed by atoms with E-state index in [1.54, 1.807) is 0 Å². The minimum absolute atomic E-state index is 0.118. The smallest absolute Gasteiger partial charge is 0.333 e. The van der Waals surface area contributed by atoms with Crippen molar-refractivity contribution in [3.63, 3.8) is 0 Å². The molecule has 0 fully saturated rings. The van der Waals surface area contributed by atoms with E-state index in [2.05, 4.69) is 16.6 Å². The lowest BCUT2D eigenvalue weighted by Gasteiger charge is -2.11. The van der Waals surface area contributed by atoms with Gasteiger partial charge in [0.2, 0.25) is 0 Å². The lowest BCUT2D eigenvalue weighted by Crippen LogP contribution is -2.21. The molecule has 0 bridgehead atoms. The molecule has 112 valence electrons. The number of carbonyl (C=O) groups is 3. The second-order valence-electron chi connectivity index (χ2n) is 4.28. The molecule has 0 saturated carbocycles. The van der Waals surface area contributed by atoms with Gasteiger partial charge in [-0.15, -0.1) is 0 Å². The number of ketones is 1. The summed E-state index contributed by atoms with van der Waals surface area (Å²) in [6, 6.07) is 2.79. The number of benzene rings is 1. The monoisotopic (exact) mass is 329 g/mol. The normalized spacial score (nSPS) is 9.90. The van der Waals surface area contributed by atoms with Crippen molar-refractivity contribution in [2.75, 3.05) is 11.9 Å². The first-order chi connectivity index (χ1) is 9.72. The van der Waals surface area contributed by atoms with Crippen molar-refractivity contribution < 1.29 is 19.1 Å². The van der Waals surface area contributed by atoms with E-state index in [4.69, 9.17) is 23.2 Å². The largest absolute Gasteiger partial charge is 0.452 e. The van der Waals surface area contributed by atoms with Crippen LogP contribution in [0.25, 0.3) is 0 Å². The molecule has 7 heteroatoms. The molecule has 1 aromatic rings. The van der Waals surface area contributed by atoms with Gasteiger partial charge in [-0.05, 0) is 26.0 Å². The SMILES string of the molecule is C=C(C)C(=O)OCC(=O)Nc1c(Cl)cc(C(C)=O)cc1Cl. The average molecular weight is 330 g/mol. The quantitative estimate of drug-likeness (QED) is 0.511. The van der Waals surface area contributed by atoms with E-state index in [1.165, 1.54) is 26.0 Å². The molecule has 0 aromatic heterocycles. The Bertz CT molecular complexity index is 602. The summed E-state index contributed by atoms with van der Waals surface area (Å²) in [5.74, 6) is -1.48. The fourth-order valence-corrected chi connectivity index (χ4v) is 1.91. The van der Waals surface area contributed by atoms with Crippen LogP contribution in [0.5, 0.6) is 0 Å². The highest BCUT2D eigenvalue weighted by Gasteiger charge is 2.14. The lowest BCUT2D eigenvalue weighted by molar-refractivity contribution is -0.143. The molecule has 0 aliphatic rings. The van der Waals surface area contributed by atoms with Gasteiger partial charge in [-0.1, -0.05) is 29.8 Å². The fourth-order valence-electron chi connectivity index (χ4n) is 1.33. The van der Waals surface area contributed by atoms with Gasteiger partial charge in [0.05, 0.1) is 15.7 Å². The van der Waals surface area contributed by atoms with Crippen LogP contribution in [0.3, 0.4) is 0 Å². The van der Waals surface area contributed by atoms with E-state index in [-0.39, 0.29) is 27.1 Å². The van der Waals surface area contributed by atoms with Crippen LogP contribution in [0, 0.1) is 0 Å². The molecule has 5 nitrogen and oxygen atoms in total. The van der Waals surface area contributed by atoms with Gasteiger partial charge in [0, 0.05) is 11.1 Å². The summed E-state index contributed by atoms with van der Waals surface area (Å²) in [4.78, 5) is 34.1. The van der Waals surface area contributed by atoms with Crippen LogP contribution in [0.15, 0.2) is 24.3 Å². The number of carbonyl (C=O) groups excluding carboxylic acids is 3. The summed E-state index contributed by atoms with van der Waals surface area (Å²) in [6.45, 7) is 5.74. The van der Waals surface area contributed by atoms with Crippen LogP contribution in [-0.2, 0) is 14.3 Å². The van der Waals surface area contributed by atoms with Gasteiger partial charge in [0.25, 0.3) is 5.91 Å². The van der Waals surface area contributed by atoms with E-state index in [0.717, 1.165) is 0 Å². The lowest BCUT2D eigenvalue weighted by atomic mass is 10.1. The van der Waals surface area contributed by atoms with Gasteiger partial charge in [-0.25, -0.2) is 4.79 Å². The minimum Gasteiger partial charge on any atom is -0.452 e. The Morgan fingerprint density at radius 3 is 2.14 bits per heavy atom. The summed E-state index contributed by atoms with van der Waals surface area (Å²) in [7, 11) is 0. The summed E-state index contributed by atoms with van der Waals surface area (Å²) >= 11 is 11.9. The maximum Gasteiger partial charge on any atom is 0.333 e. The number of ether oxygens (including phenoxy) is 1. The zero-order valence-corrected chi connectivity index (χ0v) is 13.0. The van der Waals surface area contributed by atoms with Crippen LogP contribution in [0.2, 0.25) is 10.0 Å². The van der Waals surface area contributed by atoms with E-state index < -0.39 is 18.5 Å². The Hall–Kier alpha value is -1.85. The highest BCUT2D eigenvalue weighted by atomic mass is 35.5. The number of Topliss-reactive ketones (excluding diaryl/α,β-unsaturated/α-hetero) is 1. The molecule has 0 radical (unpaired) electrons. The topological polar surface area (TPSA) is 72.5 Å². The van der Waals surface area contributed by atoms with Crippen LogP contribution in [0.1, 0.15) is 24.2 Å². The summed E-state index contributed by atoms with van der Waals surface area (Å²) in [6.07, 6.45) is 0. The third-order valence-corrected chi connectivity index (χ3v) is 2.99. The second-order valence-corrected chi connectivity index (χ2v) is 5.09. The van der Waals surface area contributed by atoms with Gasteiger partial charge >= 0.3 is 5.97 Å². The number of rotatable bonds is 5. The van der Waals surface area contributed by atoms with E-state index in [1.807, 2.05) is 0 Å². The molecule has 0 aliphatic carbocycles. The number of esters is 1. The first-order valence-corrected chi connectivity index (χ1v) is 6.60. The maximum absolute atomic E-state index is 11.7. The molecular formula is C14H13Cl2NO4. The molecule has 0 saturated heterocycles. The van der Waals surface area contributed by atoms with Gasteiger partial charge < -0.3 is 10.1 Å². The maximum atomic E-state index is 11.7. The second kappa shape index (κ2) is 7.24. The van der Waals surface area contributed by atoms with E-state index in [9.17, 15) is 14.4 Å². The van der Waals surface area contributed by atoms with Crippen molar-refractivity contribution >= 4 is 46.5 Å². The fraction of sp³-hybridized carbons (Fsp3) is 0.214. The Labute approximate surface area is 131 Å². The molecule has 1 amide bonds. The Morgan fingerprint density at radius 1 is 1.19 bits per heavy atom. The molecule has 0 aliphatic heterocycles. The van der Waals surface area contributed by atoms with Crippen molar-refractivity contribution in [3.8, 4) is 0 Å². The molecule has 0 atom stereocenters. The predicted octanol–water partition coefficient (Wildman–Crippen LogP) is 3.25. The third kappa shape index (κ3) is 4.88. The van der Waals surface area contributed by atoms with Gasteiger partial charge in [0.1, 0.15) is 0 Å². The molecule has 0 unspecified atom stereocenters. The first-order valence-electron chi connectivity index (χ1n) is 5.84. The van der Waals surface area contributed by atoms with Gasteiger partial charge in [0.15, 0.2) is 12.4 Å². The van der Waals surface area contributed by atoms with Gasteiger partial charge in [-0.2, -0.15) is 0 Å². The molecular weight excluding hydrogens is 317 g/mol. The molecule has 1 N–H and O–H groups in total. The standard InChI is InChI=1S/C14H13Cl2NO4/c1-7(2)14(20)21-6-12(19)17-13-10(15)4-9(8(3)18)5-11(13)16/h4-5H,1,6H2,2-3H3,(H,17,19). The minimum atomic E-state index is -0.672. The zero-order valence-electron chi connectivity index (χ0n) is 11.5. The van der Waals surface area contributed by atoms with Crippen LogP contribution >= 0.6 is 23.2 Å². The summed E-state index contributed by atoms with van der Waals surface area (Å²) < 4.78 is 4.69. The predicted molar refractivity (Wildman–Crippen MR) is 80.9 cm³/mol. The number of nitrogens with one attached hydrogen (secondary N) is 1. The summed E-state index contributed by atoms with van der Waals surface area (Å²) in [5.41, 5.74) is 0.668. The number of anilines is 1. The first kappa shape index (κ1) is 17.2. The number of amides is 1. The van der Waals surface area contributed by atoms with Crippen molar-refractivity contribution in [1.29, 1.82) is 0 Å². The Balaban J connectivity index is 2.79.